The summed E-state index contributed by atoms with van der Waals surface area (Å²) in [5.74, 6) is 6.10. The van der Waals surface area contributed by atoms with Crippen molar-refractivity contribution in [3.63, 3.8) is 0 Å². The Labute approximate surface area is 200 Å². The second-order valence-electron chi connectivity index (χ2n) is 8.09. The van der Waals surface area contributed by atoms with Gasteiger partial charge in [-0.1, -0.05) is 25.2 Å². The smallest absolute Gasteiger partial charge is 0.424 e. The number of hydrogen-bond acceptors (Lipinski definition) is 6. The summed E-state index contributed by atoms with van der Waals surface area (Å²) in [5.41, 5.74) is 12.2. The summed E-state index contributed by atoms with van der Waals surface area (Å²) in [6.45, 7) is 5.24. The van der Waals surface area contributed by atoms with Gasteiger partial charge in [-0.15, -0.1) is 0 Å². The van der Waals surface area contributed by atoms with Crippen LogP contribution < -0.4 is 16.5 Å². The Morgan fingerprint density at radius 2 is 2.03 bits per heavy atom. The van der Waals surface area contributed by atoms with E-state index in [1.165, 1.54) is 5.01 Å². The van der Waals surface area contributed by atoms with E-state index in [4.69, 9.17) is 15.9 Å². The van der Waals surface area contributed by atoms with E-state index < -0.39 is 12.1 Å². The molecule has 1 heterocycles. The molecular weight excluding hydrogens is 430 g/mol. The molecule has 3 rings (SSSR count). The number of amides is 1. The Balaban J connectivity index is 1.59. The van der Waals surface area contributed by atoms with Crippen LogP contribution in [0.4, 0.5) is 10.5 Å². The zero-order chi connectivity index (χ0) is 24.5. The van der Waals surface area contributed by atoms with E-state index in [9.17, 15) is 9.59 Å². The first-order valence-corrected chi connectivity index (χ1v) is 11.4. The van der Waals surface area contributed by atoms with Gasteiger partial charge in [0, 0.05) is 28.9 Å². The van der Waals surface area contributed by atoms with Crippen molar-refractivity contribution in [1.29, 1.82) is 5.41 Å². The monoisotopic (exact) mass is 461 g/mol. The largest absolute Gasteiger partial charge is 0.448 e. The van der Waals surface area contributed by atoms with E-state index in [2.05, 4.69) is 22.6 Å². The summed E-state index contributed by atoms with van der Waals surface area (Å²) in [6, 6.07) is 12.2. The molecule has 0 radical (unpaired) electrons. The third-order valence-corrected chi connectivity index (χ3v) is 5.54. The van der Waals surface area contributed by atoms with Gasteiger partial charge < -0.3 is 15.8 Å². The van der Waals surface area contributed by atoms with Crippen LogP contribution >= 0.6 is 0 Å². The molecule has 1 aliphatic heterocycles. The van der Waals surface area contributed by atoms with E-state index >= 15 is 0 Å². The highest BCUT2D eigenvalue weighted by Crippen LogP contribution is 2.20. The third-order valence-electron chi connectivity index (χ3n) is 5.54. The van der Waals surface area contributed by atoms with Crippen molar-refractivity contribution in [2.24, 2.45) is 5.73 Å². The van der Waals surface area contributed by atoms with Crippen molar-refractivity contribution in [3.8, 4) is 11.8 Å². The van der Waals surface area contributed by atoms with Crippen molar-refractivity contribution in [2.75, 3.05) is 25.0 Å². The van der Waals surface area contributed by atoms with Crippen molar-refractivity contribution in [1.82, 2.24) is 10.4 Å². The van der Waals surface area contributed by atoms with E-state index in [1.54, 1.807) is 18.2 Å². The molecule has 1 saturated heterocycles. The number of carbonyl (C=O) groups is 2. The lowest BCUT2D eigenvalue weighted by molar-refractivity contribution is 0.0659. The van der Waals surface area contributed by atoms with E-state index in [0.717, 1.165) is 29.7 Å². The van der Waals surface area contributed by atoms with Gasteiger partial charge in [-0.2, -0.15) is 0 Å². The van der Waals surface area contributed by atoms with Crippen LogP contribution in [0.15, 0.2) is 42.5 Å². The van der Waals surface area contributed by atoms with Gasteiger partial charge in [0.15, 0.2) is 5.78 Å². The number of hydrazine groups is 1. The Kier molecular flexibility index (Phi) is 8.66. The molecular formula is C26H31N5O3. The minimum Gasteiger partial charge on any atom is -0.448 e. The lowest BCUT2D eigenvalue weighted by Gasteiger charge is -2.23. The molecule has 8 nitrogen and oxygen atoms in total. The Morgan fingerprint density at radius 1 is 1.26 bits per heavy atom. The van der Waals surface area contributed by atoms with Gasteiger partial charge in [0.2, 0.25) is 0 Å². The zero-order valence-electron chi connectivity index (χ0n) is 19.6. The van der Waals surface area contributed by atoms with Gasteiger partial charge in [-0.25, -0.2) is 15.2 Å². The van der Waals surface area contributed by atoms with Gasteiger partial charge in [0.05, 0.1) is 13.2 Å². The number of ether oxygens (including phenoxy) is 1. The molecule has 178 valence electrons. The maximum absolute atomic E-state index is 13.2. The Morgan fingerprint density at radius 3 is 2.71 bits per heavy atom. The van der Waals surface area contributed by atoms with Crippen molar-refractivity contribution in [3.05, 3.63) is 64.7 Å². The standard InChI is InChI=1S/C26H31N5O3/c1-3-4-16-34-26(33)31-23(13-15-30-31)24(32)22-12-7-19(17-18(22)2)6-5-14-29-21-10-8-20(9-11-21)25(27)28/h7-12,17,23,29-30H,3-4,13-16H2,1-2H3,(H3,27,28). The Bertz CT molecular complexity index is 1100. The topological polar surface area (TPSA) is 121 Å². The lowest BCUT2D eigenvalue weighted by atomic mass is 9.96. The fourth-order valence-corrected chi connectivity index (χ4v) is 3.63. The number of nitrogens with two attached hydrogens (primary N) is 1. The normalized spacial score (nSPS) is 14.8. The molecule has 0 bridgehead atoms. The van der Waals surface area contributed by atoms with Crippen LogP contribution in [0.3, 0.4) is 0 Å². The van der Waals surface area contributed by atoms with Gasteiger partial charge in [-0.3, -0.25) is 10.2 Å². The molecule has 0 aliphatic carbocycles. The number of aryl methyl sites for hydroxylation is 1. The average Bonchev–Trinajstić information content (AvgIpc) is 3.32. The predicted molar refractivity (Wildman–Crippen MR) is 133 cm³/mol. The number of anilines is 1. The van der Waals surface area contributed by atoms with Crippen LogP contribution in [0.1, 0.15) is 53.2 Å². The van der Waals surface area contributed by atoms with Crippen molar-refractivity contribution in [2.45, 2.75) is 39.2 Å². The number of benzene rings is 2. The molecule has 1 atom stereocenters. The van der Waals surface area contributed by atoms with Crippen LogP contribution in [0.2, 0.25) is 0 Å². The molecule has 8 heteroatoms. The molecule has 34 heavy (non-hydrogen) atoms. The molecule has 1 unspecified atom stereocenters. The number of unbranched alkanes of at least 4 members (excludes halogenated alkanes) is 1. The van der Waals surface area contributed by atoms with Crippen LogP contribution in [-0.4, -0.2) is 48.5 Å². The molecule has 1 aliphatic rings. The molecule has 1 fully saturated rings. The number of nitrogen functional groups attached to an aromatic ring is 1. The number of nitrogens with one attached hydrogen (secondary N) is 3. The molecule has 2 aromatic rings. The fraction of sp³-hybridized carbons (Fsp3) is 0.346. The maximum atomic E-state index is 13.2. The molecule has 0 spiro atoms. The van der Waals surface area contributed by atoms with E-state index in [-0.39, 0.29) is 11.6 Å². The molecule has 5 N–H and O–H groups in total. The second kappa shape index (κ2) is 11.9. The number of nitrogens with zero attached hydrogens (tertiary/aromatic N) is 1. The molecule has 0 saturated carbocycles. The number of Topliss-reactive ketones (excluding diaryl/α,β-unsaturated/α-hetero) is 1. The summed E-state index contributed by atoms with van der Waals surface area (Å²) in [4.78, 5) is 25.5. The zero-order valence-corrected chi connectivity index (χ0v) is 19.6. The minimum absolute atomic E-state index is 0.0347. The number of amidine groups is 1. The molecule has 1 amide bonds. The molecule has 2 aromatic carbocycles. The summed E-state index contributed by atoms with van der Waals surface area (Å²) >= 11 is 0. The van der Waals surface area contributed by atoms with Crippen LogP contribution in [0, 0.1) is 24.2 Å². The van der Waals surface area contributed by atoms with Gasteiger partial charge in [-0.05, 0) is 67.8 Å². The van der Waals surface area contributed by atoms with Crippen LogP contribution in [0.5, 0.6) is 0 Å². The van der Waals surface area contributed by atoms with Crippen LogP contribution in [0.25, 0.3) is 0 Å². The highest BCUT2D eigenvalue weighted by molar-refractivity contribution is 6.02. The first-order chi connectivity index (χ1) is 16.4. The van der Waals surface area contributed by atoms with Crippen LogP contribution in [-0.2, 0) is 4.74 Å². The summed E-state index contributed by atoms with van der Waals surface area (Å²) in [5, 5.41) is 11.9. The summed E-state index contributed by atoms with van der Waals surface area (Å²) in [7, 11) is 0. The van der Waals surface area contributed by atoms with Crippen molar-refractivity contribution >= 4 is 23.4 Å². The summed E-state index contributed by atoms with van der Waals surface area (Å²) in [6.07, 6.45) is 1.76. The second-order valence-corrected chi connectivity index (χ2v) is 8.09. The van der Waals surface area contributed by atoms with Crippen molar-refractivity contribution < 1.29 is 14.3 Å². The minimum atomic E-state index is -0.580. The van der Waals surface area contributed by atoms with E-state index in [0.29, 0.717) is 37.2 Å². The number of hydrogen-bond donors (Lipinski definition) is 4. The van der Waals surface area contributed by atoms with E-state index in [1.807, 2.05) is 38.1 Å². The predicted octanol–water partition coefficient (Wildman–Crippen LogP) is 3.44. The number of ketones is 1. The first-order valence-electron chi connectivity index (χ1n) is 11.4. The first kappa shape index (κ1) is 24.8. The van der Waals surface area contributed by atoms with Gasteiger partial charge in [0.25, 0.3) is 0 Å². The average molecular weight is 462 g/mol. The van der Waals surface area contributed by atoms with Gasteiger partial charge in [0.1, 0.15) is 11.9 Å². The third kappa shape index (κ3) is 6.36. The number of carbonyl (C=O) groups excluding carboxylic acids is 2. The summed E-state index contributed by atoms with van der Waals surface area (Å²) < 4.78 is 5.27. The maximum Gasteiger partial charge on any atom is 0.424 e. The molecule has 0 aromatic heterocycles. The van der Waals surface area contributed by atoms with Gasteiger partial charge >= 0.3 is 6.09 Å². The lowest BCUT2D eigenvalue weighted by Crippen LogP contribution is -2.46. The Hall–Kier alpha value is -3.83. The quantitative estimate of drug-likeness (QED) is 0.157. The highest BCUT2D eigenvalue weighted by atomic mass is 16.6. The highest BCUT2D eigenvalue weighted by Gasteiger charge is 2.36. The fourth-order valence-electron chi connectivity index (χ4n) is 3.63. The SMILES string of the molecule is CCCCOC(=O)N1NCCC1C(=O)c1ccc(C#CCNc2ccc(C(=N)N)cc2)cc1C. The number of rotatable bonds is 8.